The molecule has 2 unspecified atom stereocenters. The maximum Gasteiger partial charge on any atom is 0.212 e. The third-order valence-corrected chi connectivity index (χ3v) is 4.44. The van der Waals surface area contributed by atoms with Crippen molar-refractivity contribution in [2.45, 2.75) is 37.6 Å². The van der Waals surface area contributed by atoms with Gasteiger partial charge in [-0.3, -0.25) is 0 Å². The molecular weight excluding hydrogens is 314 g/mol. The molecule has 0 radical (unpaired) electrons. The maximum absolute atomic E-state index is 11.9. The number of hydrogen-bond donors (Lipinski definition) is 1. The lowest BCUT2D eigenvalue weighted by Gasteiger charge is -2.15. The van der Waals surface area contributed by atoms with E-state index >= 15 is 0 Å². The Kier molecular flexibility index (Phi) is 6.32. The van der Waals surface area contributed by atoms with E-state index in [1.807, 2.05) is 44.2 Å². The molecule has 0 aromatic heterocycles. The number of sulfonamides is 1. The molecule has 1 N–H and O–H groups in total. The standard InChI is InChI=1S/C13H20BrNO2S/c1-11(14)10-12(2)15-18(16,17)9-8-13-6-4-3-5-7-13/h3-7,11-12,15H,8-10H2,1-2H3. The van der Waals surface area contributed by atoms with Crippen molar-refractivity contribution in [2.24, 2.45) is 0 Å². The number of aryl methyl sites for hydroxylation is 1. The number of benzene rings is 1. The number of alkyl halides is 1. The first-order valence-electron chi connectivity index (χ1n) is 6.07. The summed E-state index contributed by atoms with van der Waals surface area (Å²) in [4.78, 5) is 0.310. The fourth-order valence-electron chi connectivity index (χ4n) is 1.80. The van der Waals surface area contributed by atoms with Gasteiger partial charge < -0.3 is 0 Å². The van der Waals surface area contributed by atoms with Crippen LogP contribution < -0.4 is 4.72 Å². The second-order valence-electron chi connectivity index (χ2n) is 4.59. The van der Waals surface area contributed by atoms with Crippen molar-refractivity contribution in [1.82, 2.24) is 4.72 Å². The van der Waals surface area contributed by atoms with Crippen LogP contribution in [-0.4, -0.2) is 25.0 Å². The van der Waals surface area contributed by atoms with E-state index in [2.05, 4.69) is 20.7 Å². The molecule has 5 heteroatoms. The van der Waals surface area contributed by atoms with Gasteiger partial charge in [0.2, 0.25) is 10.0 Å². The van der Waals surface area contributed by atoms with Gasteiger partial charge in [-0.2, -0.15) is 0 Å². The molecule has 0 amide bonds. The minimum absolute atomic E-state index is 0.0415. The van der Waals surface area contributed by atoms with E-state index < -0.39 is 10.0 Å². The third-order valence-electron chi connectivity index (χ3n) is 2.56. The van der Waals surface area contributed by atoms with E-state index in [9.17, 15) is 8.42 Å². The first-order chi connectivity index (χ1) is 8.39. The van der Waals surface area contributed by atoms with Crippen LogP contribution in [-0.2, 0) is 16.4 Å². The van der Waals surface area contributed by atoms with Crippen LogP contribution >= 0.6 is 15.9 Å². The first-order valence-corrected chi connectivity index (χ1v) is 8.64. The Morgan fingerprint density at radius 3 is 2.39 bits per heavy atom. The molecule has 0 aliphatic carbocycles. The average molecular weight is 334 g/mol. The van der Waals surface area contributed by atoms with Crippen molar-refractivity contribution in [3.63, 3.8) is 0 Å². The van der Waals surface area contributed by atoms with Crippen LogP contribution in [0.15, 0.2) is 30.3 Å². The van der Waals surface area contributed by atoms with Gasteiger partial charge in [0.15, 0.2) is 0 Å². The SMILES string of the molecule is CC(Br)CC(C)NS(=O)(=O)CCc1ccccc1. The molecule has 1 aromatic carbocycles. The van der Waals surface area contributed by atoms with Crippen LogP contribution in [0.25, 0.3) is 0 Å². The van der Waals surface area contributed by atoms with Crippen molar-refractivity contribution in [3.8, 4) is 0 Å². The molecule has 0 saturated heterocycles. The van der Waals surface area contributed by atoms with E-state index in [-0.39, 0.29) is 11.8 Å². The summed E-state index contributed by atoms with van der Waals surface area (Å²) >= 11 is 3.42. The second kappa shape index (κ2) is 7.26. The van der Waals surface area contributed by atoms with Crippen LogP contribution in [0, 0.1) is 0 Å². The largest absolute Gasteiger partial charge is 0.212 e. The summed E-state index contributed by atoms with van der Waals surface area (Å²) in [6.07, 6.45) is 1.33. The summed E-state index contributed by atoms with van der Waals surface area (Å²) < 4.78 is 26.4. The topological polar surface area (TPSA) is 46.2 Å². The van der Waals surface area contributed by atoms with Gasteiger partial charge in [0.05, 0.1) is 5.75 Å². The summed E-state index contributed by atoms with van der Waals surface area (Å²) in [7, 11) is -3.20. The van der Waals surface area contributed by atoms with Crippen molar-refractivity contribution in [2.75, 3.05) is 5.75 Å². The highest BCUT2D eigenvalue weighted by Gasteiger charge is 2.15. The highest BCUT2D eigenvalue weighted by Crippen LogP contribution is 2.08. The van der Waals surface area contributed by atoms with Crippen LogP contribution in [0.5, 0.6) is 0 Å². The van der Waals surface area contributed by atoms with Crippen molar-refractivity contribution < 1.29 is 8.42 Å². The average Bonchev–Trinajstić information content (AvgIpc) is 2.26. The number of nitrogens with one attached hydrogen (secondary N) is 1. The van der Waals surface area contributed by atoms with Gasteiger partial charge in [0, 0.05) is 10.9 Å². The third kappa shape index (κ3) is 6.52. The van der Waals surface area contributed by atoms with Gasteiger partial charge in [-0.1, -0.05) is 53.2 Å². The van der Waals surface area contributed by atoms with E-state index in [4.69, 9.17) is 0 Å². The highest BCUT2D eigenvalue weighted by atomic mass is 79.9. The van der Waals surface area contributed by atoms with Crippen molar-refractivity contribution in [3.05, 3.63) is 35.9 Å². The Morgan fingerprint density at radius 1 is 1.22 bits per heavy atom. The second-order valence-corrected chi connectivity index (χ2v) is 8.03. The quantitative estimate of drug-likeness (QED) is 0.780. The minimum atomic E-state index is -3.20. The lowest BCUT2D eigenvalue weighted by molar-refractivity contribution is 0.547. The maximum atomic E-state index is 11.9. The molecule has 2 atom stereocenters. The molecule has 1 rings (SSSR count). The molecule has 0 saturated carbocycles. The van der Waals surface area contributed by atoms with Crippen molar-refractivity contribution in [1.29, 1.82) is 0 Å². The van der Waals surface area contributed by atoms with Gasteiger partial charge in [0.1, 0.15) is 0 Å². The fourth-order valence-corrected chi connectivity index (χ4v) is 3.69. The smallest absolute Gasteiger partial charge is 0.212 e. The molecule has 0 aliphatic rings. The minimum Gasteiger partial charge on any atom is -0.212 e. The molecule has 18 heavy (non-hydrogen) atoms. The summed E-state index contributed by atoms with van der Waals surface area (Å²) in [5.41, 5.74) is 1.05. The normalized spacial score (nSPS) is 15.3. The zero-order valence-electron chi connectivity index (χ0n) is 10.8. The highest BCUT2D eigenvalue weighted by molar-refractivity contribution is 9.09. The Hall–Kier alpha value is -0.390. The molecule has 0 bridgehead atoms. The lowest BCUT2D eigenvalue weighted by atomic mass is 10.2. The monoisotopic (exact) mass is 333 g/mol. The molecular formula is C13H20BrNO2S. The van der Waals surface area contributed by atoms with Gasteiger partial charge in [-0.25, -0.2) is 13.1 Å². The van der Waals surface area contributed by atoms with Gasteiger partial charge in [0.25, 0.3) is 0 Å². The predicted octanol–water partition coefficient (Wildman–Crippen LogP) is 2.71. The molecule has 0 spiro atoms. The molecule has 0 fully saturated rings. The number of rotatable bonds is 7. The molecule has 102 valence electrons. The Balaban J connectivity index is 2.45. The van der Waals surface area contributed by atoms with Gasteiger partial charge in [-0.05, 0) is 25.3 Å². The van der Waals surface area contributed by atoms with Crippen LogP contribution in [0.1, 0.15) is 25.8 Å². The number of halogens is 1. The molecule has 0 heterocycles. The fraction of sp³-hybridized carbons (Fsp3) is 0.538. The van der Waals surface area contributed by atoms with Gasteiger partial charge in [-0.15, -0.1) is 0 Å². The zero-order chi connectivity index (χ0) is 13.6. The first kappa shape index (κ1) is 15.7. The molecule has 1 aromatic rings. The summed E-state index contributed by atoms with van der Waals surface area (Å²) in [5, 5.41) is 0. The lowest BCUT2D eigenvalue weighted by Crippen LogP contribution is -2.36. The summed E-state index contributed by atoms with van der Waals surface area (Å²) in [5.74, 6) is 0.137. The Morgan fingerprint density at radius 2 is 1.83 bits per heavy atom. The summed E-state index contributed by atoms with van der Waals surface area (Å²) in [6.45, 7) is 3.90. The number of hydrogen-bond acceptors (Lipinski definition) is 2. The summed E-state index contributed by atoms with van der Waals surface area (Å²) in [6, 6.07) is 9.61. The molecule has 3 nitrogen and oxygen atoms in total. The van der Waals surface area contributed by atoms with E-state index in [1.165, 1.54) is 0 Å². The van der Waals surface area contributed by atoms with Crippen molar-refractivity contribution >= 4 is 26.0 Å². The van der Waals surface area contributed by atoms with E-state index in [0.717, 1.165) is 12.0 Å². The van der Waals surface area contributed by atoms with E-state index in [0.29, 0.717) is 11.2 Å². The van der Waals surface area contributed by atoms with Crippen LogP contribution in [0.2, 0.25) is 0 Å². The Bertz CT molecular complexity index is 445. The zero-order valence-corrected chi connectivity index (χ0v) is 13.2. The molecule has 0 aliphatic heterocycles. The van der Waals surface area contributed by atoms with E-state index in [1.54, 1.807) is 0 Å². The van der Waals surface area contributed by atoms with Gasteiger partial charge >= 0.3 is 0 Å². The predicted molar refractivity (Wildman–Crippen MR) is 79.5 cm³/mol. The Labute approximate surface area is 118 Å². The van der Waals surface area contributed by atoms with Crippen LogP contribution in [0.4, 0.5) is 0 Å². The van der Waals surface area contributed by atoms with Crippen LogP contribution in [0.3, 0.4) is 0 Å².